The van der Waals surface area contributed by atoms with Crippen molar-refractivity contribution >= 4 is 34.2 Å². The van der Waals surface area contributed by atoms with Gasteiger partial charge in [0.05, 0.1) is 18.2 Å². The number of hydrogen-bond donors (Lipinski definition) is 1. The van der Waals surface area contributed by atoms with Crippen LogP contribution in [0.5, 0.6) is 5.75 Å². The first-order valence-corrected chi connectivity index (χ1v) is 7.27. The zero-order chi connectivity index (χ0) is 13.1. The van der Waals surface area contributed by atoms with Crippen molar-refractivity contribution in [3.63, 3.8) is 0 Å². The summed E-state index contributed by atoms with van der Waals surface area (Å²) < 4.78 is 5.19. The largest absolute Gasteiger partial charge is 0.495 e. The number of amidine groups is 1. The predicted molar refractivity (Wildman–Crippen MR) is 80.1 cm³/mol. The molecule has 0 aliphatic carbocycles. The second-order valence-corrected chi connectivity index (χ2v) is 5.85. The van der Waals surface area contributed by atoms with Crippen LogP contribution >= 0.6 is 23.4 Å². The Bertz CT molecular complexity index is 464. The number of thioether (sulfide) groups is 1. The molecular weight excluding hydrogens is 268 g/mol. The van der Waals surface area contributed by atoms with Crippen molar-refractivity contribution in [3.05, 3.63) is 23.2 Å². The predicted octanol–water partition coefficient (Wildman–Crippen LogP) is 3.89. The minimum absolute atomic E-state index is 0.364. The van der Waals surface area contributed by atoms with E-state index in [9.17, 15) is 0 Å². The number of anilines is 1. The van der Waals surface area contributed by atoms with Crippen LogP contribution < -0.4 is 10.1 Å². The van der Waals surface area contributed by atoms with Crippen LogP contribution in [0.2, 0.25) is 5.02 Å². The van der Waals surface area contributed by atoms with Gasteiger partial charge >= 0.3 is 0 Å². The number of rotatable bonds is 2. The molecule has 18 heavy (non-hydrogen) atoms. The Morgan fingerprint density at radius 2 is 2.22 bits per heavy atom. The van der Waals surface area contributed by atoms with E-state index in [1.54, 1.807) is 18.9 Å². The second kappa shape index (κ2) is 5.85. The molecule has 0 aromatic heterocycles. The molecule has 1 aromatic rings. The maximum absolute atomic E-state index is 5.99. The van der Waals surface area contributed by atoms with Gasteiger partial charge in [0.2, 0.25) is 0 Å². The molecule has 0 fully saturated rings. The van der Waals surface area contributed by atoms with Gasteiger partial charge in [-0.1, -0.05) is 30.3 Å². The van der Waals surface area contributed by atoms with Gasteiger partial charge in [-0.05, 0) is 25.0 Å². The van der Waals surface area contributed by atoms with Crippen LogP contribution in [-0.4, -0.2) is 24.1 Å². The van der Waals surface area contributed by atoms with Crippen LogP contribution in [0.3, 0.4) is 0 Å². The highest BCUT2D eigenvalue weighted by Gasteiger charge is 2.19. The number of benzene rings is 1. The highest BCUT2D eigenvalue weighted by molar-refractivity contribution is 8.14. The first kappa shape index (κ1) is 13.6. The van der Waals surface area contributed by atoms with E-state index in [1.165, 1.54) is 0 Å². The van der Waals surface area contributed by atoms with Crippen molar-refractivity contribution in [2.24, 2.45) is 10.9 Å². The van der Waals surface area contributed by atoms with Crippen molar-refractivity contribution in [3.8, 4) is 5.75 Å². The van der Waals surface area contributed by atoms with E-state index in [4.69, 9.17) is 16.3 Å². The fourth-order valence-corrected chi connectivity index (χ4v) is 2.95. The van der Waals surface area contributed by atoms with E-state index < -0.39 is 0 Å². The molecule has 1 aromatic carbocycles. The summed E-state index contributed by atoms with van der Waals surface area (Å²) in [7, 11) is 1.61. The van der Waals surface area contributed by atoms with Crippen molar-refractivity contribution in [2.45, 2.75) is 19.9 Å². The summed E-state index contributed by atoms with van der Waals surface area (Å²) in [5.74, 6) is 2.39. The van der Waals surface area contributed by atoms with Crippen molar-refractivity contribution < 1.29 is 4.74 Å². The SMILES string of the molecule is COc1cc(NC2=NC(C)C(C)CS2)ccc1Cl. The first-order valence-electron chi connectivity index (χ1n) is 5.91. The minimum atomic E-state index is 0.364. The molecule has 0 saturated carbocycles. The zero-order valence-electron chi connectivity index (χ0n) is 10.7. The average molecular weight is 285 g/mol. The maximum atomic E-state index is 5.99. The third-order valence-corrected chi connectivity index (χ3v) is 4.52. The highest BCUT2D eigenvalue weighted by Crippen LogP contribution is 2.29. The number of methoxy groups -OCH3 is 1. The Kier molecular flexibility index (Phi) is 4.40. The van der Waals surface area contributed by atoms with Crippen molar-refractivity contribution in [1.29, 1.82) is 0 Å². The van der Waals surface area contributed by atoms with Crippen LogP contribution in [0.25, 0.3) is 0 Å². The Balaban J connectivity index is 2.12. The summed E-state index contributed by atoms with van der Waals surface area (Å²) in [5.41, 5.74) is 0.948. The number of halogens is 1. The van der Waals surface area contributed by atoms with Crippen LogP contribution in [-0.2, 0) is 0 Å². The molecule has 0 spiro atoms. The van der Waals surface area contributed by atoms with Crippen LogP contribution in [0, 0.1) is 5.92 Å². The molecule has 0 saturated heterocycles. The van der Waals surface area contributed by atoms with Crippen LogP contribution in [0.15, 0.2) is 23.2 Å². The molecule has 2 rings (SSSR count). The van der Waals surface area contributed by atoms with E-state index in [1.807, 2.05) is 18.2 Å². The molecular formula is C13H17ClN2OS. The summed E-state index contributed by atoms with van der Waals surface area (Å²) in [6, 6.07) is 6.00. The van der Waals surface area contributed by atoms with Gasteiger partial charge in [-0.25, -0.2) is 0 Å². The van der Waals surface area contributed by atoms with E-state index in [0.717, 1.165) is 16.6 Å². The molecule has 0 radical (unpaired) electrons. The maximum Gasteiger partial charge on any atom is 0.161 e. The number of ether oxygens (including phenoxy) is 1. The number of aliphatic imine (C=N–C) groups is 1. The quantitative estimate of drug-likeness (QED) is 0.894. The number of nitrogens with one attached hydrogen (secondary N) is 1. The molecule has 3 nitrogen and oxygen atoms in total. The lowest BCUT2D eigenvalue weighted by atomic mass is 10.1. The summed E-state index contributed by atoms with van der Waals surface area (Å²) in [6.45, 7) is 4.37. The second-order valence-electron chi connectivity index (χ2n) is 4.44. The van der Waals surface area contributed by atoms with Crippen LogP contribution in [0.1, 0.15) is 13.8 Å². The van der Waals surface area contributed by atoms with E-state index in [2.05, 4.69) is 24.2 Å². The average Bonchev–Trinajstić information content (AvgIpc) is 2.36. The van der Waals surface area contributed by atoms with Crippen molar-refractivity contribution in [1.82, 2.24) is 0 Å². The van der Waals surface area contributed by atoms with Gasteiger partial charge in [0, 0.05) is 17.5 Å². The van der Waals surface area contributed by atoms with Crippen LogP contribution in [0.4, 0.5) is 5.69 Å². The first-order chi connectivity index (χ1) is 8.60. The smallest absolute Gasteiger partial charge is 0.161 e. The minimum Gasteiger partial charge on any atom is -0.495 e. The lowest BCUT2D eigenvalue weighted by Gasteiger charge is -2.23. The number of hydrogen-bond acceptors (Lipinski definition) is 4. The molecule has 1 heterocycles. The zero-order valence-corrected chi connectivity index (χ0v) is 12.3. The highest BCUT2D eigenvalue weighted by atomic mass is 35.5. The Morgan fingerprint density at radius 1 is 1.44 bits per heavy atom. The van der Waals surface area contributed by atoms with E-state index in [-0.39, 0.29) is 0 Å². The monoisotopic (exact) mass is 284 g/mol. The summed E-state index contributed by atoms with van der Waals surface area (Å²) in [5, 5.41) is 4.89. The lowest BCUT2D eigenvalue weighted by molar-refractivity contribution is 0.415. The van der Waals surface area contributed by atoms with E-state index >= 15 is 0 Å². The van der Waals surface area contributed by atoms with Gasteiger partial charge in [0.1, 0.15) is 5.75 Å². The topological polar surface area (TPSA) is 33.6 Å². The standard InChI is InChI=1S/C13H17ClN2OS/c1-8-7-18-13(15-9(8)2)16-10-4-5-11(14)12(6-10)17-3/h4-6,8-9H,7H2,1-3H3,(H,15,16). The Labute approximate surface area is 117 Å². The summed E-state index contributed by atoms with van der Waals surface area (Å²) in [6.07, 6.45) is 0. The summed E-state index contributed by atoms with van der Waals surface area (Å²) in [4.78, 5) is 4.63. The lowest BCUT2D eigenvalue weighted by Crippen LogP contribution is -2.25. The third kappa shape index (κ3) is 3.12. The molecule has 0 bridgehead atoms. The molecule has 5 heteroatoms. The van der Waals surface area contributed by atoms with Gasteiger partial charge in [-0.3, -0.25) is 4.99 Å². The van der Waals surface area contributed by atoms with Crippen molar-refractivity contribution in [2.75, 3.05) is 18.2 Å². The van der Waals surface area contributed by atoms with Gasteiger partial charge in [-0.2, -0.15) is 0 Å². The molecule has 0 amide bonds. The Morgan fingerprint density at radius 3 is 2.89 bits per heavy atom. The molecule has 1 aliphatic heterocycles. The van der Waals surface area contributed by atoms with Gasteiger partial charge in [-0.15, -0.1) is 0 Å². The third-order valence-electron chi connectivity index (χ3n) is 3.03. The molecule has 1 N–H and O–H groups in total. The van der Waals surface area contributed by atoms with Gasteiger partial charge < -0.3 is 10.1 Å². The van der Waals surface area contributed by atoms with E-state index in [0.29, 0.717) is 22.7 Å². The van der Waals surface area contributed by atoms with Gasteiger partial charge in [0.15, 0.2) is 5.17 Å². The Hall–Kier alpha value is -0.870. The summed E-state index contributed by atoms with van der Waals surface area (Å²) >= 11 is 7.75. The fourth-order valence-electron chi connectivity index (χ4n) is 1.63. The molecule has 98 valence electrons. The number of nitrogens with zero attached hydrogens (tertiary/aromatic N) is 1. The molecule has 2 unspecified atom stereocenters. The normalized spacial score (nSPS) is 23.4. The van der Waals surface area contributed by atoms with Gasteiger partial charge in [0.25, 0.3) is 0 Å². The molecule has 2 atom stereocenters. The molecule has 1 aliphatic rings. The fraction of sp³-hybridized carbons (Fsp3) is 0.462.